The summed E-state index contributed by atoms with van der Waals surface area (Å²) in [5.41, 5.74) is 0. The fraction of sp³-hybridized carbons (Fsp3) is 0.911. The molecule has 0 bridgehead atoms. The van der Waals surface area contributed by atoms with Crippen LogP contribution in [0.1, 0.15) is 34.1 Å². The number of carboxylic acids is 1. The van der Waals surface area contributed by atoms with Gasteiger partial charge in [-0.2, -0.15) is 8.42 Å². The van der Waals surface area contributed by atoms with E-state index in [1.165, 1.54) is 6.92 Å². The summed E-state index contributed by atoms with van der Waals surface area (Å²) in [6.07, 6.45) is -57.2. The van der Waals surface area contributed by atoms with E-state index in [0.29, 0.717) is 0 Å². The van der Waals surface area contributed by atoms with Gasteiger partial charge in [0.25, 0.3) is 5.79 Å². The van der Waals surface area contributed by atoms with Gasteiger partial charge in [-0.15, -0.1) is 0 Å². The zero-order chi connectivity index (χ0) is 63.5. The van der Waals surface area contributed by atoms with Crippen LogP contribution in [0.2, 0.25) is 0 Å². The second-order valence-corrected chi connectivity index (χ2v) is 22.0. The SMILES string of the molecule is CC(=O)N[C@@H]1[C@@H](O[C@@H]2O[C@H](COS(=O)(=O)O)[C@H](O)[C@H](O)[C@H]2O)[C@@H](O)[C@@H](CO[C@@H]2O[C@H](CO)[C@@H](O[C@@H]3O[C@H](CO)[C@H](O)[C@H](O[C@]4(C(=O)O)C[C@H](O)[C@@H](NC(C)=O)[C@H]([C@H](O)[C@H](O)CO)O4)[C@H]3O)[C@H](O[C@@H]3O[C@@H](C)[C@@H](O)[C@@H](O)[C@@H]3O)[C@H]2NC(C)=O)O[C@@H]1O. The second kappa shape index (κ2) is 29.5. The van der Waals surface area contributed by atoms with Crippen LogP contribution in [0.25, 0.3) is 0 Å². The highest BCUT2D eigenvalue weighted by Gasteiger charge is 2.61. The molecule has 492 valence electrons. The molecule has 40 heteroatoms. The van der Waals surface area contributed by atoms with Crippen LogP contribution >= 0.6 is 0 Å². The normalized spacial score (nSPS) is 45.2. The number of carbonyl (C=O) groups excluding carboxylic acids is 3. The summed E-state index contributed by atoms with van der Waals surface area (Å²) in [5.74, 6) is -8.05. The lowest BCUT2D eigenvalue weighted by molar-refractivity contribution is -0.392. The summed E-state index contributed by atoms with van der Waals surface area (Å²) < 4.78 is 99.9. The van der Waals surface area contributed by atoms with E-state index in [-0.39, 0.29) is 0 Å². The minimum absolute atomic E-state index is 0.852. The first-order valence-electron chi connectivity index (χ1n) is 26.2. The highest BCUT2D eigenvalue weighted by molar-refractivity contribution is 7.80. The van der Waals surface area contributed by atoms with Crippen LogP contribution in [0.3, 0.4) is 0 Å². The highest BCUT2D eigenvalue weighted by atomic mass is 32.3. The number of nitrogens with one attached hydrogen (secondary N) is 3. The molecule has 6 aliphatic heterocycles. The Morgan fingerprint density at radius 1 is 0.565 bits per heavy atom. The molecule has 3 amide bonds. The number of ether oxygens (including phenoxy) is 11. The standard InChI is InChI=1S/C45H75N3O36S/c1-11-24(57)29(62)31(64)41(75-11)82-37-23(48-14(4)54)40(73-9-19-28(61)35(22(39(67)76-19)47-13(3)53)81-42-32(65)30(63)26(59)20(79-42)10-74-85(70,71)72)78-18(8-51)34(37)80-43-33(66)38(27(60)17(7-50)77-43)84-45(44(68)69)5-15(55)21(46-12(2)52)36(83-45)25(58)16(56)6-49/h11,15-43,49-51,55-67H,5-10H2,1-4H3,(H,46,52)(H,47,53)(H,48,54)(H,68,69)(H,70,71,72)/t11-,15-,16+,17+,18+,19+,20+,21+,22+,23+,24+,25+,26-,27-,28-,29+,30-,31-,32+,33+,34+,35+,36+,37+,38-,39-,40+,41-,42-,43-,45-/m0/s1. The average molecular weight is 1270 g/mol. The second-order valence-electron chi connectivity index (χ2n) is 20.9. The molecule has 6 heterocycles. The van der Waals surface area contributed by atoms with E-state index in [9.17, 15) is 114 Å². The summed E-state index contributed by atoms with van der Waals surface area (Å²) >= 11 is 0. The van der Waals surface area contributed by atoms with Gasteiger partial charge in [0.1, 0.15) is 134 Å². The third-order valence-corrected chi connectivity index (χ3v) is 15.2. The number of aliphatic carboxylic acids is 1. The van der Waals surface area contributed by atoms with E-state index < -0.39 is 263 Å². The summed E-state index contributed by atoms with van der Waals surface area (Å²) in [7, 11) is -5.17. The van der Waals surface area contributed by atoms with Crippen molar-refractivity contribution in [2.24, 2.45) is 0 Å². The molecule has 6 aliphatic rings. The summed E-state index contributed by atoms with van der Waals surface area (Å²) in [4.78, 5) is 50.8. The van der Waals surface area contributed by atoms with E-state index in [0.717, 1.165) is 20.8 Å². The molecule has 6 fully saturated rings. The molecule has 6 rings (SSSR count). The average Bonchev–Trinajstić information content (AvgIpc) is 1.44. The number of hydrogen-bond donors (Lipinski definition) is 21. The van der Waals surface area contributed by atoms with Gasteiger partial charge in [0.05, 0.1) is 51.3 Å². The van der Waals surface area contributed by atoms with Gasteiger partial charge in [0.2, 0.25) is 17.7 Å². The number of amides is 3. The summed E-state index contributed by atoms with van der Waals surface area (Å²) in [6, 6.07) is -5.38. The molecular weight excluding hydrogens is 1190 g/mol. The molecule has 21 N–H and O–H groups in total. The summed E-state index contributed by atoms with van der Waals surface area (Å²) in [6.45, 7) is -1.60. The van der Waals surface area contributed by atoms with E-state index >= 15 is 0 Å². The Morgan fingerprint density at radius 3 is 1.62 bits per heavy atom. The molecule has 85 heavy (non-hydrogen) atoms. The molecule has 0 unspecified atom stereocenters. The molecular formula is C45H75N3O36S. The lowest BCUT2D eigenvalue weighted by Gasteiger charge is -2.52. The van der Waals surface area contributed by atoms with Crippen molar-refractivity contribution < 1.29 is 175 Å². The first-order valence-corrected chi connectivity index (χ1v) is 27.6. The fourth-order valence-corrected chi connectivity index (χ4v) is 10.7. The molecule has 0 aromatic heterocycles. The van der Waals surface area contributed by atoms with Crippen LogP contribution in [-0.2, 0) is 85.9 Å². The fourth-order valence-electron chi connectivity index (χ4n) is 10.4. The molecule has 0 aromatic carbocycles. The van der Waals surface area contributed by atoms with Crippen molar-refractivity contribution in [3.8, 4) is 0 Å². The van der Waals surface area contributed by atoms with Crippen molar-refractivity contribution >= 4 is 34.1 Å². The molecule has 6 saturated heterocycles. The monoisotopic (exact) mass is 1270 g/mol. The molecule has 39 nitrogen and oxygen atoms in total. The number of carbonyl (C=O) groups is 4. The molecule has 0 saturated carbocycles. The number of rotatable bonds is 23. The Balaban J connectivity index is 1.33. The third-order valence-electron chi connectivity index (χ3n) is 14.8. The van der Waals surface area contributed by atoms with Gasteiger partial charge < -0.3 is 155 Å². The highest BCUT2D eigenvalue weighted by Crippen LogP contribution is 2.40. The topological polar surface area (TPSA) is 613 Å². The van der Waals surface area contributed by atoms with Crippen molar-refractivity contribution in [1.82, 2.24) is 16.0 Å². The largest absolute Gasteiger partial charge is 0.477 e. The van der Waals surface area contributed by atoms with Gasteiger partial charge in [-0.25, -0.2) is 8.98 Å². The molecule has 31 atom stereocenters. The van der Waals surface area contributed by atoms with E-state index in [1.807, 2.05) is 0 Å². The maximum atomic E-state index is 13.2. The Kier molecular flexibility index (Phi) is 24.6. The van der Waals surface area contributed by atoms with Crippen LogP contribution in [-0.4, -0.2) is 346 Å². The van der Waals surface area contributed by atoms with Crippen LogP contribution in [0.5, 0.6) is 0 Å². The minimum Gasteiger partial charge on any atom is -0.477 e. The lowest BCUT2D eigenvalue weighted by atomic mass is 9.88. The first-order chi connectivity index (χ1) is 39.7. The van der Waals surface area contributed by atoms with Crippen molar-refractivity contribution in [1.29, 1.82) is 0 Å². The molecule has 0 spiro atoms. The lowest BCUT2D eigenvalue weighted by Crippen LogP contribution is -2.71. The number of aliphatic hydroxyl groups excluding tert-OH is 16. The van der Waals surface area contributed by atoms with Gasteiger partial charge in [-0.3, -0.25) is 18.9 Å². The van der Waals surface area contributed by atoms with Gasteiger partial charge in [0, 0.05) is 27.2 Å². The first kappa shape index (κ1) is 70.8. The van der Waals surface area contributed by atoms with Gasteiger partial charge in [-0.1, -0.05) is 0 Å². The number of aliphatic hydroxyl groups is 16. The predicted molar refractivity (Wildman–Crippen MR) is 260 cm³/mol. The van der Waals surface area contributed by atoms with Crippen molar-refractivity contribution in [2.45, 2.75) is 224 Å². The van der Waals surface area contributed by atoms with Crippen molar-refractivity contribution in [3.05, 3.63) is 0 Å². The number of hydrogen-bond acceptors (Lipinski definition) is 34. The van der Waals surface area contributed by atoms with E-state index in [1.54, 1.807) is 0 Å². The van der Waals surface area contributed by atoms with Gasteiger partial charge >= 0.3 is 16.4 Å². The molecule has 0 aromatic rings. The molecule has 0 aliphatic carbocycles. The smallest absolute Gasteiger partial charge is 0.397 e. The molecule has 0 radical (unpaired) electrons. The van der Waals surface area contributed by atoms with Crippen LogP contribution in [0.15, 0.2) is 0 Å². The Bertz CT molecular complexity index is 2340. The van der Waals surface area contributed by atoms with Crippen molar-refractivity contribution in [2.75, 3.05) is 33.0 Å². The Hall–Kier alpha value is -3.33. The Labute approximate surface area is 481 Å². The quantitative estimate of drug-likeness (QED) is 0.0422. The number of carboxylic acid groups (broad SMARTS) is 1. The predicted octanol–water partition coefficient (Wildman–Crippen LogP) is -13.6. The maximum Gasteiger partial charge on any atom is 0.397 e. The minimum atomic E-state index is -5.17. The van der Waals surface area contributed by atoms with Gasteiger partial charge in [0.15, 0.2) is 31.5 Å². The van der Waals surface area contributed by atoms with E-state index in [4.69, 9.17) is 56.7 Å². The van der Waals surface area contributed by atoms with Crippen molar-refractivity contribution in [3.63, 3.8) is 0 Å². The third kappa shape index (κ3) is 16.4. The van der Waals surface area contributed by atoms with E-state index in [2.05, 4.69) is 20.1 Å². The Morgan fingerprint density at radius 2 is 1.06 bits per heavy atom. The van der Waals surface area contributed by atoms with Crippen LogP contribution in [0.4, 0.5) is 0 Å². The maximum absolute atomic E-state index is 13.2. The zero-order valence-electron chi connectivity index (χ0n) is 45.4. The van der Waals surface area contributed by atoms with Crippen LogP contribution < -0.4 is 16.0 Å². The van der Waals surface area contributed by atoms with Crippen LogP contribution in [0, 0.1) is 0 Å². The summed E-state index contributed by atoms with van der Waals surface area (Å²) in [5, 5.41) is 192. The zero-order valence-corrected chi connectivity index (χ0v) is 46.2. The van der Waals surface area contributed by atoms with Gasteiger partial charge in [-0.05, 0) is 6.92 Å².